The maximum absolute atomic E-state index is 12.1. The van der Waals surface area contributed by atoms with E-state index in [1.807, 2.05) is 23.6 Å². The van der Waals surface area contributed by atoms with E-state index in [9.17, 15) is 9.59 Å². The topological polar surface area (TPSA) is 75.2 Å². The molecule has 0 bridgehead atoms. The molecular weight excluding hydrogens is 380 g/mol. The molecular formula is C19H20N4O2S2. The molecule has 3 heterocycles. The Labute approximate surface area is 165 Å². The van der Waals surface area contributed by atoms with Crippen LogP contribution in [0.15, 0.2) is 29.6 Å². The van der Waals surface area contributed by atoms with Gasteiger partial charge in [0.15, 0.2) is 5.13 Å². The average Bonchev–Trinajstić information content (AvgIpc) is 3.37. The molecule has 1 saturated heterocycles. The van der Waals surface area contributed by atoms with E-state index in [-0.39, 0.29) is 18.2 Å². The fourth-order valence-corrected chi connectivity index (χ4v) is 4.95. The Bertz CT molecular complexity index is 932. The molecule has 27 heavy (non-hydrogen) atoms. The first-order valence-electron chi connectivity index (χ1n) is 9.05. The number of fused-ring (bicyclic) bond motifs is 1. The Hall–Kier alpha value is -2.32. The number of nitrogens with one attached hydrogen (secondary N) is 1. The van der Waals surface area contributed by atoms with Gasteiger partial charge in [-0.3, -0.25) is 14.5 Å². The summed E-state index contributed by atoms with van der Waals surface area (Å²) in [5.74, 6) is 0.0825. The number of nitrogens with zero attached hydrogens (tertiary/aromatic N) is 3. The van der Waals surface area contributed by atoms with Gasteiger partial charge in [-0.15, -0.1) is 22.7 Å². The third-order valence-corrected chi connectivity index (χ3v) is 6.42. The van der Waals surface area contributed by atoms with E-state index < -0.39 is 0 Å². The first-order valence-corrected chi connectivity index (χ1v) is 10.7. The summed E-state index contributed by atoms with van der Waals surface area (Å²) in [5.41, 5.74) is 1.76. The van der Waals surface area contributed by atoms with Crippen molar-refractivity contribution >= 4 is 49.8 Å². The molecule has 4 rings (SSSR count). The molecule has 2 aromatic heterocycles. The second kappa shape index (κ2) is 8.14. The van der Waals surface area contributed by atoms with Crippen LogP contribution >= 0.6 is 22.7 Å². The quantitative estimate of drug-likeness (QED) is 0.618. The van der Waals surface area contributed by atoms with Crippen LogP contribution in [0.5, 0.6) is 0 Å². The fourth-order valence-electron chi connectivity index (χ4n) is 3.07. The first kappa shape index (κ1) is 18.1. The van der Waals surface area contributed by atoms with Gasteiger partial charge in [0.05, 0.1) is 27.3 Å². The Morgan fingerprint density at radius 2 is 2.15 bits per heavy atom. The molecule has 6 nitrogen and oxygen atoms in total. The number of aryl methyl sites for hydroxylation is 1. The third kappa shape index (κ3) is 4.33. The van der Waals surface area contributed by atoms with Crippen molar-refractivity contribution < 1.29 is 9.59 Å². The van der Waals surface area contributed by atoms with Crippen LogP contribution in [0.25, 0.3) is 10.2 Å². The van der Waals surface area contributed by atoms with Gasteiger partial charge in [-0.1, -0.05) is 12.1 Å². The maximum atomic E-state index is 12.1. The lowest BCUT2D eigenvalue weighted by Gasteiger charge is -2.10. The summed E-state index contributed by atoms with van der Waals surface area (Å²) < 4.78 is 1.20. The molecule has 0 radical (unpaired) electrons. The summed E-state index contributed by atoms with van der Waals surface area (Å²) in [5, 5.41) is 6.61. The molecule has 1 aliphatic heterocycles. The molecule has 0 unspecified atom stereocenters. The Balaban J connectivity index is 1.22. The van der Waals surface area contributed by atoms with Crippen molar-refractivity contribution in [3.63, 3.8) is 0 Å². The van der Waals surface area contributed by atoms with E-state index in [2.05, 4.69) is 21.4 Å². The zero-order chi connectivity index (χ0) is 18.6. The monoisotopic (exact) mass is 400 g/mol. The number of thiazole rings is 2. The minimum atomic E-state index is -0.0381. The van der Waals surface area contributed by atoms with Gasteiger partial charge < -0.3 is 5.32 Å². The average molecular weight is 401 g/mol. The molecule has 8 heteroatoms. The molecule has 0 aliphatic carbocycles. The predicted octanol–water partition coefficient (Wildman–Crippen LogP) is 3.17. The summed E-state index contributed by atoms with van der Waals surface area (Å²) in [6.07, 6.45) is 3.43. The molecule has 140 valence electrons. The molecule has 3 aromatic rings. The van der Waals surface area contributed by atoms with Gasteiger partial charge in [0.1, 0.15) is 0 Å². The van der Waals surface area contributed by atoms with Crippen molar-refractivity contribution in [3.8, 4) is 0 Å². The van der Waals surface area contributed by atoms with Gasteiger partial charge >= 0.3 is 0 Å². The Morgan fingerprint density at radius 3 is 2.96 bits per heavy atom. The molecule has 0 atom stereocenters. The number of benzene rings is 1. The number of anilines is 1. The highest BCUT2D eigenvalue weighted by Crippen LogP contribution is 2.25. The SMILES string of the molecule is O=C(Cc1csc(N2CCCC2=O)n1)NCCCc1nc2ccccc2s1. The van der Waals surface area contributed by atoms with Crippen molar-refractivity contribution in [2.45, 2.75) is 32.1 Å². The van der Waals surface area contributed by atoms with Crippen molar-refractivity contribution in [2.24, 2.45) is 0 Å². The smallest absolute Gasteiger partial charge is 0.228 e. The van der Waals surface area contributed by atoms with Crippen LogP contribution in [0.1, 0.15) is 30.0 Å². The zero-order valence-corrected chi connectivity index (χ0v) is 16.4. The largest absolute Gasteiger partial charge is 0.356 e. The van der Waals surface area contributed by atoms with Gasteiger partial charge in [0.25, 0.3) is 0 Å². The summed E-state index contributed by atoms with van der Waals surface area (Å²) >= 11 is 3.14. The van der Waals surface area contributed by atoms with Crippen LogP contribution in [0.3, 0.4) is 0 Å². The van der Waals surface area contributed by atoms with Crippen molar-refractivity contribution in [2.75, 3.05) is 18.0 Å². The molecule has 1 aromatic carbocycles. The second-order valence-corrected chi connectivity index (χ2v) is 8.43. The van der Waals surface area contributed by atoms with Crippen LogP contribution in [0.4, 0.5) is 5.13 Å². The van der Waals surface area contributed by atoms with E-state index in [0.29, 0.717) is 18.1 Å². The number of para-hydroxylation sites is 1. The predicted molar refractivity (Wildman–Crippen MR) is 108 cm³/mol. The number of carbonyl (C=O) groups is 2. The third-order valence-electron chi connectivity index (χ3n) is 4.41. The number of rotatable bonds is 7. The molecule has 0 saturated carbocycles. The molecule has 1 aliphatic rings. The van der Waals surface area contributed by atoms with Crippen LogP contribution < -0.4 is 10.2 Å². The van der Waals surface area contributed by atoms with E-state index in [0.717, 1.165) is 42.0 Å². The van der Waals surface area contributed by atoms with Gasteiger partial charge in [0, 0.05) is 31.3 Å². The number of aromatic nitrogens is 2. The van der Waals surface area contributed by atoms with Crippen molar-refractivity contribution in [1.29, 1.82) is 0 Å². The highest BCUT2D eigenvalue weighted by molar-refractivity contribution is 7.18. The minimum absolute atomic E-state index is 0.0381. The summed E-state index contributed by atoms with van der Waals surface area (Å²) in [6.45, 7) is 1.35. The second-order valence-electron chi connectivity index (χ2n) is 6.48. The lowest BCUT2D eigenvalue weighted by atomic mass is 10.3. The van der Waals surface area contributed by atoms with E-state index in [1.165, 1.54) is 16.0 Å². The van der Waals surface area contributed by atoms with Crippen molar-refractivity contribution in [1.82, 2.24) is 15.3 Å². The van der Waals surface area contributed by atoms with Gasteiger partial charge in [-0.05, 0) is 25.0 Å². The van der Waals surface area contributed by atoms with Crippen LogP contribution in [-0.2, 0) is 22.4 Å². The van der Waals surface area contributed by atoms with Crippen LogP contribution in [0, 0.1) is 0 Å². The fraction of sp³-hybridized carbons (Fsp3) is 0.368. The summed E-state index contributed by atoms with van der Waals surface area (Å²) in [4.78, 5) is 34.6. The molecule has 1 fully saturated rings. The number of amides is 2. The van der Waals surface area contributed by atoms with Crippen molar-refractivity contribution in [3.05, 3.63) is 40.3 Å². The van der Waals surface area contributed by atoms with E-state index >= 15 is 0 Å². The van der Waals surface area contributed by atoms with Gasteiger partial charge in [0.2, 0.25) is 11.8 Å². The van der Waals surface area contributed by atoms with Gasteiger partial charge in [-0.2, -0.15) is 0 Å². The molecule has 1 N–H and O–H groups in total. The van der Waals surface area contributed by atoms with Gasteiger partial charge in [-0.25, -0.2) is 9.97 Å². The standard InChI is InChI=1S/C19H20N4O2S2/c24-16(11-13-12-26-19(21-13)23-10-4-8-18(23)25)20-9-3-7-17-22-14-5-1-2-6-15(14)27-17/h1-2,5-6,12H,3-4,7-11H2,(H,20,24). The first-order chi connectivity index (χ1) is 13.2. The Morgan fingerprint density at radius 1 is 1.26 bits per heavy atom. The summed E-state index contributed by atoms with van der Waals surface area (Å²) in [6, 6.07) is 8.12. The van der Waals surface area contributed by atoms with E-state index in [4.69, 9.17) is 0 Å². The normalized spacial score (nSPS) is 14.2. The molecule has 2 amide bonds. The zero-order valence-electron chi connectivity index (χ0n) is 14.8. The minimum Gasteiger partial charge on any atom is -0.356 e. The number of hydrogen-bond donors (Lipinski definition) is 1. The molecule has 0 spiro atoms. The Kier molecular flexibility index (Phi) is 5.45. The number of hydrogen-bond acceptors (Lipinski definition) is 6. The highest BCUT2D eigenvalue weighted by Gasteiger charge is 2.24. The van der Waals surface area contributed by atoms with Crippen LogP contribution in [0.2, 0.25) is 0 Å². The summed E-state index contributed by atoms with van der Waals surface area (Å²) in [7, 11) is 0. The lowest BCUT2D eigenvalue weighted by Crippen LogP contribution is -2.27. The number of carbonyl (C=O) groups excluding carboxylic acids is 2. The highest BCUT2D eigenvalue weighted by atomic mass is 32.1. The van der Waals surface area contributed by atoms with E-state index in [1.54, 1.807) is 16.2 Å². The van der Waals surface area contributed by atoms with Crippen LogP contribution in [-0.4, -0.2) is 34.9 Å². The lowest BCUT2D eigenvalue weighted by molar-refractivity contribution is -0.120. The maximum Gasteiger partial charge on any atom is 0.228 e.